The van der Waals surface area contributed by atoms with Gasteiger partial charge in [0.25, 0.3) is 0 Å². The van der Waals surface area contributed by atoms with Crippen molar-refractivity contribution >= 4 is 0 Å². The molecule has 122 valence electrons. The highest BCUT2D eigenvalue weighted by atomic mass is 16.3. The molecule has 1 aliphatic rings. The molecule has 3 rings (SSSR count). The van der Waals surface area contributed by atoms with Crippen molar-refractivity contribution in [3.8, 4) is 5.75 Å². The van der Waals surface area contributed by atoms with Gasteiger partial charge in [0, 0.05) is 12.1 Å². The van der Waals surface area contributed by atoms with Gasteiger partial charge in [-0.2, -0.15) is 0 Å². The molecular weight excluding hydrogens is 282 g/mol. The highest BCUT2D eigenvalue weighted by Crippen LogP contribution is 2.33. The number of hydrogen-bond donors (Lipinski definition) is 2. The molecule has 0 spiro atoms. The lowest BCUT2D eigenvalue weighted by Gasteiger charge is -2.35. The van der Waals surface area contributed by atoms with E-state index in [1.165, 1.54) is 36.8 Å². The van der Waals surface area contributed by atoms with E-state index in [0.717, 1.165) is 6.42 Å². The second-order valence-electron chi connectivity index (χ2n) is 6.85. The number of rotatable bonds is 5. The molecule has 0 aromatic heterocycles. The van der Waals surface area contributed by atoms with E-state index in [-0.39, 0.29) is 0 Å². The van der Waals surface area contributed by atoms with Gasteiger partial charge in [0.2, 0.25) is 0 Å². The number of aromatic hydroxyl groups is 1. The maximum atomic E-state index is 9.62. The summed E-state index contributed by atoms with van der Waals surface area (Å²) in [6.45, 7) is 2.25. The third-order valence-electron chi connectivity index (χ3n) is 4.94. The van der Waals surface area contributed by atoms with Crippen molar-refractivity contribution in [2.75, 3.05) is 0 Å². The summed E-state index contributed by atoms with van der Waals surface area (Å²) in [4.78, 5) is 0. The summed E-state index contributed by atoms with van der Waals surface area (Å²) in [5.41, 5.74) is 2.66. The Hall–Kier alpha value is -1.80. The van der Waals surface area contributed by atoms with Gasteiger partial charge in [0.05, 0.1) is 0 Å². The zero-order valence-electron chi connectivity index (χ0n) is 13.9. The van der Waals surface area contributed by atoms with Crippen molar-refractivity contribution in [3.05, 3.63) is 65.7 Å². The fourth-order valence-corrected chi connectivity index (χ4v) is 3.89. The van der Waals surface area contributed by atoms with E-state index < -0.39 is 0 Å². The quantitative estimate of drug-likeness (QED) is 0.843. The number of phenolic OH excluding ortho intramolecular Hbond substituents is 1. The minimum atomic E-state index is 0.356. The molecule has 1 aliphatic carbocycles. The van der Waals surface area contributed by atoms with Crippen molar-refractivity contribution in [1.29, 1.82) is 0 Å². The number of hydrogen-bond acceptors (Lipinski definition) is 2. The Morgan fingerprint density at radius 3 is 2.61 bits per heavy atom. The zero-order valence-corrected chi connectivity index (χ0v) is 13.9. The minimum Gasteiger partial charge on any atom is -0.508 e. The standard InChI is InChI=1S/C21H27NO/c1-16(14-17-8-7-11-19(23)15-17)22-21-13-6-5-12-20(21)18-9-3-2-4-10-18/h2-4,7-11,15-16,20-23H,5-6,12-14H2,1H3. The summed E-state index contributed by atoms with van der Waals surface area (Å²) >= 11 is 0. The van der Waals surface area contributed by atoms with Gasteiger partial charge in [0.15, 0.2) is 0 Å². The topological polar surface area (TPSA) is 32.3 Å². The maximum Gasteiger partial charge on any atom is 0.115 e. The third-order valence-corrected chi connectivity index (χ3v) is 4.94. The summed E-state index contributed by atoms with van der Waals surface area (Å²) in [6, 6.07) is 19.5. The monoisotopic (exact) mass is 309 g/mol. The van der Waals surface area contributed by atoms with Crippen LogP contribution in [-0.4, -0.2) is 17.2 Å². The molecule has 2 N–H and O–H groups in total. The number of phenols is 1. The molecule has 2 aromatic carbocycles. The Balaban J connectivity index is 1.64. The van der Waals surface area contributed by atoms with Crippen LogP contribution in [0.15, 0.2) is 54.6 Å². The Bertz CT molecular complexity index is 610. The molecule has 2 aromatic rings. The zero-order chi connectivity index (χ0) is 16.1. The predicted octanol–water partition coefficient (Wildman–Crippen LogP) is 4.64. The van der Waals surface area contributed by atoms with E-state index >= 15 is 0 Å². The lowest BCUT2D eigenvalue weighted by atomic mass is 9.79. The fraction of sp³-hybridized carbons (Fsp3) is 0.429. The summed E-state index contributed by atoms with van der Waals surface area (Å²) in [6.07, 6.45) is 6.13. The van der Waals surface area contributed by atoms with Crippen LogP contribution < -0.4 is 5.32 Å². The van der Waals surface area contributed by atoms with Gasteiger partial charge in [0.1, 0.15) is 5.75 Å². The number of nitrogens with one attached hydrogen (secondary N) is 1. The van der Waals surface area contributed by atoms with Crippen LogP contribution in [0.3, 0.4) is 0 Å². The van der Waals surface area contributed by atoms with Gasteiger partial charge < -0.3 is 10.4 Å². The molecule has 1 fully saturated rings. The van der Waals surface area contributed by atoms with Gasteiger partial charge in [-0.25, -0.2) is 0 Å². The van der Waals surface area contributed by atoms with Gasteiger partial charge in [-0.05, 0) is 55.4 Å². The van der Waals surface area contributed by atoms with E-state index in [1.54, 1.807) is 6.07 Å². The van der Waals surface area contributed by atoms with Gasteiger partial charge in [-0.3, -0.25) is 0 Å². The molecule has 0 amide bonds. The van der Waals surface area contributed by atoms with E-state index in [1.807, 2.05) is 12.1 Å². The van der Waals surface area contributed by atoms with Crippen molar-refractivity contribution < 1.29 is 5.11 Å². The van der Waals surface area contributed by atoms with Gasteiger partial charge >= 0.3 is 0 Å². The highest BCUT2D eigenvalue weighted by molar-refractivity contribution is 5.28. The SMILES string of the molecule is CC(Cc1cccc(O)c1)NC1CCCCC1c1ccccc1. The van der Waals surface area contributed by atoms with Crippen molar-refractivity contribution in [2.45, 2.75) is 57.0 Å². The van der Waals surface area contributed by atoms with E-state index in [2.05, 4.69) is 48.6 Å². The molecule has 0 heterocycles. The molecule has 1 saturated carbocycles. The molecule has 2 heteroatoms. The average molecular weight is 309 g/mol. The van der Waals surface area contributed by atoms with Crippen LogP contribution in [0.2, 0.25) is 0 Å². The predicted molar refractivity (Wildman–Crippen MR) is 95.8 cm³/mol. The van der Waals surface area contributed by atoms with Crippen LogP contribution in [0.4, 0.5) is 0 Å². The summed E-state index contributed by atoms with van der Waals surface area (Å²) < 4.78 is 0. The largest absolute Gasteiger partial charge is 0.508 e. The van der Waals surface area contributed by atoms with Crippen LogP contribution >= 0.6 is 0 Å². The Morgan fingerprint density at radius 1 is 1.04 bits per heavy atom. The first-order valence-electron chi connectivity index (χ1n) is 8.81. The van der Waals surface area contributed by atoms with E-state index in [9.17, 15) is 5.11 Å². The fourth-order valence-electron chi connectivity index (χ4n) is 3.89. The molecule has 3 unspecified atom stereocenters. The van der Waals surface area contributed by atoms with Crippen molar-refractivity contribution in [2.24, 2.45) is 0 Å². The normalized spacial score (nSPS) is 22.7. The molecule has 3 atom stereocenters. The molecule has 2 nitrogen and oxygen atoms in total. The summed E-state index contributed by atoms with van der Waals surface area (Å²) in [7, 11) is 0. The Morgan fingerprint density at radius 2 is 1.83 bits per heavy atom. The van der Waals surface area contributed by atoms with E-state index in [0.29, 0.717) is 23.8 Å². The smallest absolute Gasteiger partial charge is 0.115 e. The Labute approximate surface area is 139 Å². The first-order valence-corrected chi connectivity index (χ1v) is 8.81. The highest BCUT2D eigenvalue weighted by Gasteiger charge is 2.27. The van der Waals surface area contributed by atoms with Crippen LogP contribution in [0.1, 0.15) is 49.7 Å². The second-order valence-corrected chi connectivity index (χ2v) is 6.85. The summed E-state index contributed by atoms with van der Waals surface area (Å²) in [5.74, 6) is 0.978. The van der Waals surface area contributed by atoms with E-state index in [4.69, 9.17) is 0 Å². The van der Waals surface area contributed by atoms with Gasteiger partial charge in [-0.1, -0.05) is 55.3 Å². The average Bonchev–Trinajstić information content (AvgIpc) is 2.56. The summed E-state index contributed by atoms with van der Waals surface area (Å²) in [5, 5.41) is 13.5. The minimum absolute atomic E-state index is 0.356. The van der Waals surface area contributed by atoms with Gasteiger partial charge in [-0.15, -0.1) is 0 Å². The first-order chi connectivity index (χ1) is 11.2. The molecule has 0 saturated heterocycles. The molecule has 0 bridgehead atoms. The molecule has 0 aliphatic heterocycles. The molecule has 23 heavy (non-hydrogen) atoms. The van der Waals surface area contributed by atoms with Crippen LogP contribution in [0.25, 0.3) is 0 Å². The maximum absolute atomic E-state index is 9.62. The molecular formula is C21H27NO. The van der Waals surface area contributed by atoms with Crippen molar-refractivity contribution in [3.63, 3.8) is 0 Å². The third kappa shape index (κ3) is 4.35. The van der Waals surface area contributed by atoms with Crippen molar-refractivity contribution in [1.82, 2.24) is 5.32 Å². The van der Waals surface area contributed by atoms with Crippen LogP contribution in [0.5, 0.6) is 5.75 Å². The Kier molecular flexibility index (Phi) is 5.35. The van der Waals surface area contributed by atoms with Crippen LogP contribution in [0, 0.1) is 0 Å². The van der Waals surface area contributed by atoms with Crippen LogP contribution in [-0.2, 0) is 6.42 Å². The second kappa shape index (κ2) is 7.65. The lowest BCUT2D eigenvalue weighted by molar-refractivity contribution is 0.303. The molecule has 0 radical (unpaired) electrons. The lowest BCUT2D eigenvalue weighted by Crippen LogP contribution is -2.43. The first kappa shape index (κ1) is 16.1. The number of benzene rings is 2.